The second-order valence-electron chi connectivity index (χ2n) is 7.21. The summed E-state index contributed by atoms with van der Waals surface area (Å²) < 4.78 is 7.68. The Balaban J connectivity index is 1.40. The molecular weight excluding hydrogens is 292 g/mol. The van der Waals surface area contributed by atoms with Gasteiger partial charge in [0.2, 0.25) is 5.91 Å². The molecule has 2 aliphatic carbocycles. The molecule has 5 heteroatoms. The lowest BCUT2D eigenvalue weighted by Crippen LogP contribution is -2.63. The zero-order chi connectivity index (χ0) is 15.8. The highest BCUT2D eigenvalue weighted by Crippen LogP contribution is 2.51. The Morgan fingerprint density at radius 1 is 1.22 bits per heavy atom. The minimum atomic E-state index is -0.0344. The van der Waals surface area contributed by atoms with Crippen molar-refractivity contribution in [1.29, 1.82) is 0 Å². The van der Waals surface area contributed by atoms with E-state index >= 15 is 0 Å². The number of aromatic nitrogens is 1. The summed E-state index contributed by atoms with van der Waals surface area (Å²) in [6, 6.07) is 3.25. The van der Waals surface area contributed by atoms with Crippen molar-refractivity contribution in [2.24, 2.45) is 17.8 Å². The fourth-order valence-electron chi connectivity index (χ4n) is 4.81. The molecule has 2 saturated carbocycles. The molecular formula is C18H24N2O3. The number of amides is 1. The molecule has 3 aliphatic rings. The molecule has 0 bridgehead atoms. The molecule has 1 N–H and O–H groups in total. The molecule has 0 aromatic carbocycles. The van der Waals surface area contributed by atoms with Crippen molar-refractivity contribution < 1.29 is 9.53 Å². The molecule has 0 spiro atoms. The molecule has 23 heavy (non-hydrogen) atoms. The summed E-state index contributed by atoms with van der Waals surface area (Å²) in [6.45, 7) is 1.11. The van der Waals surface area contributed by atoms with E-state index < -0.39 is 0 Å². The number of nitrogens with one attached hydrogen (secondary N) is 1. The first-order chi connectivity index (χ1) is 11.2. The van der Waals surface area contributed by atoms with Gasteiger partial charge in [0, 0.05) is 49.0 Å². The van der Waals surface area contributed by atoms with Crippen molar-refractivity contribution in [3.8, 4) is 0 Å². The van der Waals surface area contributed by atoms with E-state index in [1.54, 1.807) is 17.0 Å². The molecule has 2 heterocycles. The second kappa shape index (κ2) is 6.11. The highest BCUT2D eigenvalue weighted by Gasteiger charge is 2.56. The number of carbonyl (C=O) groups excluding carboxylic acids is 1. The van der Waals surface area contributed by atoms with Gasteiger partial charge in [-0.1, -0.05) is 25.7 Å². The third-order valence-electron chi connectivity index (χ3n) is 5.90. The van der Waals surface area contributed by atoms with Crippen LogP contribution in [0.4, 0.5) is 0 Å². The first-order valence-electron chi connectivity index (χ1n) is 8.79. The van der Waals surface area contributed by atoms with E-state index in [0.717, 1.165) is 13.0 Å². The minimum absolute atomic E-state index is 0.0343. The van der Waals surface area contributed by atoms with Crippen LogP contribution in [0.15, 0.2) is 29.3 Å². The Morgan fingerprint density at radius 3 is 2.70 bits per heavy atom. The van der Waals surface area contributed by atoms with Gasteiger partial charge < -0.3 is 14.6 Å². The topological polar surface area (TPSA) is 60.3 Å². The van der Waals surface area contributed by atoms with Crippen LogP contribution in [0.2, 0.25) is 0 Å². The summed E-state index contributed by atoms with van der Waals surface area (Å²) in [6.07, 6.45) is 9.96. The summed E-state index contributed by atoms with van der Waals surface area (Å²) in [4.78, 5) is 23.5. The summed E-state index contributed by atoms with van der Waals surface area (Å²) in [5.41, 5.74) is -0.0344. The normalized spacial score (nSPS) is 33.2. The number of fused-ring (bicyclic) bond motifs is 1. The predicted molar refractivity (Wildman–Crippen MR) is 85.9 cm³/mol. The minimum Gasteiger partial charge on any atom is -0.377 e. The number of pyridine rings is 1. The predicted octanol–water partition coefficient (Wildman–Crippen LogP) is 1.56. The molecule has 0 radical (unpaired) electrons. The van der Waals surface area contributed by atoms with Crippen LogP contribution in [-0.4, -0.2) is 29.2 Å². The maximum Gasteiger partial charge on any atom is 0.240 e. The molecule has 1 aromatic heterocycles. The second-order valence-corrected chi connectivity index (χ2v) is 7.21. The first kappa shape index (κ1) is 14.9. The van der Waals surface area contributed by atoms with Gasteiger partial charge in [0.15, 0.2) is 5.43 Å². The van der Waals surface area contributed by atoms with Crippen LogP contribution < -0.4 is 10.7 Å². The lowest BCUT2D eigenvalue weighted by Gasteiger charge is -2.50. The van der Waals surface area contributed by atoms with Gasteiger partial charge in [0.05, 0.1) is 6.10 Å². The van der Waals surface area contributed by atoms with Crippen molar-refractivity contribution in [2.75, 3.05) is 6.61 Å². The van der Waals surface area contributed by atoms with Crippen molar-refractivity contribution >= 4 is 5.91 Å². The van der Waals surface area contributed by atoms with Crippen LogP contribution in [0.1, 0.15) is 32.1 Å². The van der Waals surface area contributed by atoms with Gasteiger partial charge in [-0.25, -0.2) is 0 Å². The SMILES string of the molecule is O=C(Cn1ccc(=O)cc1)N[C@@H]1[C@@H]2CCO[C@@H]2[C@@H]1C1CCCC1. The quantitative estimate of drug-likeness (QED) is 0.917. The molecule has 1 aliphatic heterocycles. The van der Waals surface area contributed by atoms with Crippen LogP contribution in [0.25, 0.3) is 0 Å². The smallest absolute Gasteiger partial charge is 0.240 e. The van der Waals surface area contributed by atoms with E-state index in [9.17, 15) is 9.59 Å². The Bertz CT molecular complexity index is 610. The average Bonchev–Trinajstić information content (AvgIpc) is 3.18. The van der Waals surface area contributed by atoms with Crippen LogP contribution in [0.3, 0.4) is 0 Å². The van der Waals surface area contributed by atoms with Gasteiger partial charge in [-0.2, -0.15) is 0 Å². The molecule has 4 atom stereocenters. The zero-order valence-electron chi connectivity index (χ0n) is 13.3. The molecule has 1 amide bonds. The monoisotopic (exact) mass is 316 g/mol. The average molecular weight is 316 g/mol. The Hall–Kier alpha value is -1.62. The molecule has 124 valence electrons. The molecule has 3 fully saturated rings. The lowest BCUT2D eigenvalue weighted by molar-refractivity contribution is -0.130. The number of hydrogen-bond donors (Lipinski definition) is 1. The van der Waals surface area contributed by atoms with Crippen LogP contribution in [0, 0.1) is 17.8 Å². The molecule has 0 unspecified atom stereocenters. The van der Waals surface area contributed by atoms with Gasteiger partial charge in [-0.05, 0) is 12.3 Å². The molecule has 5 nitrogen and oxygen atoms in total. The van der Waals surface area contributed by atoms with Crippen LogP contribution in [-0.2, 0) is 16.1 Å². The Labute approximate surface area is 136 Å². The summed E-state index contributed by atoms with van der Waals surface area (Å²) in [7, 11) is 0. The van der Waals surface area contributed by atoms with Gasteiger partial charge >= 0.3 is 0 Å². The zero-order valence-corrected chi connectivity index (χ0v) is 13.3. The Kier molecular flexibility index (Phi) is 3.97. The summed E-state index contributed by atoms with van der Waals surface area (Å²) >= 11 is 0. The van der Waals surface area contributed by atoms with E-state index in [1.807, 2.05) is 0 Å². The number of ether oxygens (including phenoxy) is 1. The number of nitrogens with zero attached hydrogens (tertiary/aromatic N) is 1. The van der Waals surface area contributed by atoms with Gasteiger partial charge in [-0.3, -0.25) is 9.59 Å². The summed E-state index contributed by atoms with van der Waals surface area (Å²) in [5.74, 6) is 1.75. The third kappa shape index (κ3) is 2.82. The van der Waals surface area contributed by atoms with E-state index in [4.69, 9.17) is 4.74 Å². The highest BCUT2D eigenvalue weighted by atomic mass is 16.5. The van der Waals surface area contributed by atoms with E-state index in [1.165, 1.54) is 37.8 Å². The van der Waals surface area contributed by atoms with Crippen molar-refractivity contribution in [1.82, 2.24) is 9.88 Å². The van der Waals surface area contributed by atoms with Gasteiger partial charge in [-0.15, -0.1) is 0 Å². The van der Waals surface area contributed by atoms with Gasteiger partial charge in [0.1, 0.15) is 6.54 Å². The first-order valence-corrected chi connectivity index (χ1v) is 8.79. The molecule has 4 rings (SSSR count). The molecule has 1 saturated heterocycles. The molecule has 1 aromatic rings. The van der Waals surface area contributed by atoms with Crippen molar-refractivity contribution in [2.45, 2.75) is 50.8 Å². The number of rotatable bonds is 4. The Morgan fingerprint density at radius 2 is 1.96 bits per heavy atom. The standard InChI is InChI=1S/C18H24N2O3/c21-13-5-8-20(9-6-13)11-15(22)19-17-14-7-10-23-18(14)16(17)12-3-1-2-4-12/h5-6,8-9,12,14,16-18H,1-4,7,10-11H2,(H,19,22)/t14-,16+,17+,18-/m0/s1. The van der Waals surface area contributed by atoms with Crippen molar-refractivity contribution in [3.63, 3.8) is 0 Å². The maximum absolute atomic E-state index is 12.4. The largest absolute Gasteiger partial charge is 0.377 e. The highest BCUT2D eigenvalue weighted by molar-refractivity contribution is 5.76. The fraction of sp³-hybridized carbons (Fsp3) is 0.667. The number of carbonyl (C=O) groups is 1. The van der Waals surface area contributed by atoms with E-state index in [0.29, 0.717) is 23.9 Å². The van der Waals surface area contributed by atoms with Crippen LogP contribution >= 0.6 is 0 Å². The number of hydrogen-bond acceptors (Lipinski definition) is 3. The maximum atomic E-state index is 12.4. The van der Waals surface area contributed by atoms with Gasteiger partial charge in [0.25, 0.3) is 0 Å². The van der Waals surface area contributed by atoms with E-state index in [2.05, 4.69) is 5.32 Å². The lowest BCUT2D eigenvalue weighted by atomic mass is 9.61. The third-order valence-corrected chi connectivity index (χ3v) is 5.90. The fourth-order valence-corrected chi connectivity index (χ4v) is 4.81. The van der Waals surface area contributed by atoms with E-state index in [-0.39, 0.29) is 23.9 Å². The summed E-state index contributed by atoms with van der Waals surface area (Å²) in [5, 5.41) is 3.26. The van der Waals surface area contributed by atoms with Crippen LogP contribution in [0.5, 0.6) is 0 Å². The van der Waals surface area contributed by atoms with Crippen molar-refractivity contribution in [3.05, 3.63) is 34.7 Å².